The van der Waals surface area contributed by atoms with Gasteiger partial charge in [-0.3, -0.25) is 4.79 Å². The van der Waals surface area contributed by atoms with E-state index in [1.165, 1.54) is 16.7 Å². The van der Waals surface area contributed by atoms with Crippen LogP contribution in [-0.2, 0) is 10.0 Å². The number of carbonyl (C=O) groups is 1. The first kappa shape index (κ1) is 77.0. The molecular formula is C71H68BBr2N27O8S. The summed E-state index contributed by atoms with van der Waals surface area (Å²) in [5.74, 6) is 3.26. The standard InChI is InChI=1S/C19H20N6O3S.C18H19BN6O2.C17H16N6O.C12H8BrN5O.C5H5BrN4O/c1-2-29(26,27)25-10-8-13(9-11-25)15-12-21-17(20)16(22-15)18-23-19(28-24-18)14-6-4-3-5-7-14;1-19(26)25-9-7-12(8-10-25)14-11-21-16(20)15(22-14)17-23-18(27-24-17)13-5-3-2-4-6-13;18-15-14(21-13(10-20-15)11-6-8-19-9-7-11)16-22-17(24-23-16)12-4-2-1-3-5-12;13-8-6-15-10(14)9(16-8)11-17-12(19-18-11)7-4-2-1-3-5-7;6-2-1-9-4(7)3(10-2)5(8)11/h3-8,12H,2,9-11H2,1H3,(H2,20,21);2-7,11,26H,8-10H2,1H3,(H2,20,21);1-6,10,19H,7-9H2,(H2,18,20);1-6H,(H2,14,15);1H,(H2,7,9)(H2,8,11). The number of carbonyl (C=O) groups excluding carboxylic acids is 1. The van der Waals surface area contributed by atoms with Crippen molar-refractivity contribution in [2.75, 3.05) is 73.7 Å². The Bertz CT molecular complexity index is 5570. The molecule has 14 N–H and O–H groups in total. The van der Waals surface area contributed by atoms with E-state index in [4.69, 9.17) is 52.5 Å². The number of rotatable bonds is 15. The number of hydrogen-bond acceptors (Lipinski definition) is 33. The molecule has 110 heavy (non-hydrogen) atoms. The molecule has 16 rings (SSSR count). The van der Waals surface area contributed by atoms with Crippen molar-refractivity contribution in [1.29, 1.82) is 0 Å². The van der Waals surface area contributed by atoms with Gasteiger partial charge in [0.05, 0.1) is 53.8 Å². The highest BCUT2D eigenvalue weighted by Gasteiger charge is 2.27. The lowest BCUT2D eigenvalue weighted by Gasteiger charge is -2.26. The van der Waals surface area contributed by atoms with Gasteiger partial charge in [-0.1, -0.05) is 112 Å². The molecule has 35 nitrogen and oxygen atoms in total. The van der Waals surface area contributed by atoms with Gasteiger partial charge in [-0.2, -0.15) is 24.2 Å². The maximum atomic E-state index is 12.0. The second-order valence-electron chi connectivity index (χ2n) is 23.9. The molecule has 0 fully saturated rings. The molecule has 0 spiro atoms. The third-order valence-electron chi connectivity index (χ3n) is 16.6. The lowest BCUT2D eigenvalue weighted by molar-refractivity contribution is 0.0996. The highest BCUT2D eigenvalue weighted by Crippen LogP contribution is 2.32. The number of amides is 1. The number of halogens is 2. The molecule has 9 aromatic heterocycles. The Kier molecular flexibility index (Phi) is 25.1. The Labute approximate surface area is 644 Å². The minimum atomic E-state index is -3.21. The first-order valence-corrected chi connectivity index (χ1v) is 36.9. The fourth-order valence-electron chi connectivity index (χ4n) is 10.8. The van der Waals surface area contributed by atoms with E-state index in [0.29, 0.717) is 105 Å². The third-order valence-corrected chi connectivity index (χ3v) is 19.2. The Balaban J connectivity index is 0.000000131. The Morgan fingerprint density at radius 1 is 0.482 bits per heavy atom. The van der Waals surface area contributed by atoms with Gasteiger partial charge in [0.15, 0.2) is 57.6 Å². The molecule has 0 saturated carbocycles. The maximum Gasteiger partial charge on any atom is 0.376 e. The number of aromatic nitrogens is 18. The molecule has 0 saturated heterocycles. The average Bonchev–Trinajstić information content (AvgIpc) is 1.56. The van der Waals surface area contributed by atoms with Gasteiger partial charge in [0.1, 0.15) is 9.21 Å². The van der Waals surface area contributed by atoms with E-state index in [1.807, 2.05) is 138 Å². The molecule has 0 atom stereocenters. The van der Waals surface area contributed by atoms with E-state index in [9.17, 15) is 18.2 Å². The van der Waals surface area contributed by atoms with E-state index in [1.54, 1.807) is 32.3 Å². The van der Waals surface area contributed by atoms with Crippen molar-refractivity contribution < 1.29 is 36.3 Å². The van der Waals surface area contributed by atoms with Crippen LogP contribution < -0.4 is 39.7 Å². The zero-order valence-electron chi connectivity index (χ0n) is 58.7. The highest BCUT2D eigenvalue weighted by molar-refractivity contribution is 9.10. The van der Waals surface area contributed by atoms with Gasteiger partial charge < -0.3 is 67.6 Å². The topological polar surface area (TPSA) is 531 Å². The molecule has 12 heterocycles. The fourth-order valence-corrected chi connectivity index (χ4v) is 12.3. The van der Waals surface area contributed by atoms with Gasteiger partial charge in [0, 0.05) is 48.4 Å². The summed E-state index contributed by atoms with van der Waals surface area (Å²) >= 11 is 6.26. The molecule has 3 aliphatic rings. The van der Waals surface area contributed by atoms with Crippen molar-refractivity contribution in [3.05, 3.63) is 203 Å². The zero-order chi connectivity index (χ0) is 77.3. The number of nitrogens with two attached hydrogens (primary N) is 6. The van der Waals surface area contributed by atoms with Crippen LogP contribution in [0.4, 0.5) is 29.1 Å². The maximum absolute atomic E-state index is 12.0. The lowest BCUT2D eigenvalue weighted by Crippen LogP contribution is -2.39. The van der Waals surface area contributed by atoms with Crippen LogP contribution in [0.1, 0.15) is 53.8 Å². The molecule has 558 valence electrons. The van der Waals surface area contributed by atoms with Crippen molar-refractivity contribution >= 4 is 101 Å². The number of benzene rings is 4. The number of hydrogen-bond donors (Lipinski definition) is 8. The molecule has 0 unspecified atom stereocenters. The quantitative estimate of drug-likeness (QED) is 0.0444. The van der Waals surface area contributed by atoms with E-state index in [-0.39, 0.29) is 46.4 Å². The predicted octanol–water partition coefficient (Wildman–Crippen LogP) is 8.80. The van der Waals surface area contributed by atoms with Crippen LogP contribution in [0.3, 0.4) is 0 Å². The van der Waals surface area contributed by atoms with Crippen LogP contribution in [0.2, 0.25) is 6.82 Å². The molecule has 4 aromatic carbocycles. The zero-order valence-corrected chi connectivity index (χ0v) is 62.7. The van der Waals surface area contributed by atoms with E-state index in [0.717, 1.165) is 82.8 Å². The molecule has 1 amide bonds. The van der Waals surface area contributed by atoms with Crippen LogP contribution in [0.5, 0.6) is 0 Å². The molecule has 3 aliphatic heterocycles. The average molecular weight is 1630 g/mol. The number of sulfonamides is 1. The van der Waals surface area contributed by atoms with Gasteiger partial charge in [-0.05, 0) is 143 Å². The minimum Gasteiger partial charge on any atom is -0.437 e. The first-order chi connectivity index (χ1) is 53.2. The van der Waals surface area contributed by atoms with E-state index >= 15 is 0 Å². The second kappa shape index (κ2) is 35.8. The van der Waals surface area contributed by atoms with Crippen molar-refractivity contribution in [1.82, 2.24) is 105 Å². The summed E-state index contributed by atoms with van der Waals surface area (Å²) in [6.45, 7) is 7.29. The van der Waals surface area contributed by atoms with Crippen LogP contribution in [-0.4, -0.2) is 171 Å². The summed E-state index contributed by atoms with van der Waals surface area (Å²) in [6.07, 6.45) is 16.0. The largest absolute Gasteiger partial charge is 0.437 e. The number of anilines is 5. The number of nitrogen functional groups attached to an aromatic ring is 5. The molecule has 0 bridgehead atoms. The monoisotopic (exact) mass is 1630 g/mol. The number of primary amides is 1. The molecule has 39 heteroatoms. The van der Waals surface area contributed by atoms with E-state index in [2.05, 4.69) is 134 Å². The Hall–Kier alpha value is -12.7. The van der Waals surface area contributed by atoms with Crippen molar-refractivity contribution in [2.45, 2.75) is 33.0 Å². The summed E-state index contributed by atoms with van der Waals surface area (Å²) in [4.78, 5) is 72.1. The van der Waals surface area contributed by atoms with Crippen LogP contribution in [0.25, 0.3) is 109 Å². The molecule has 13 aromatic rings. The summed E-state index contributed by atoms with van der Waals surface area (Å²) in [7, 11) is -3.67. The van der Waals surface area contributed by atoms with Gasteiger partial charge in [-0.15, -0.1) is 0 Å². The summed E-state index contributed by atoms with van der Waals surface area (Å²) < 4.78 is 47.7. The van der Waals surface area contributed by atoms with Crippen LogP contribution in [0.15, 0.2) is 198 Å². The summed E-state index contributed by atoms with van der Waals surface area (Å²) in [5, 5.41) is 28.8. The van der Waals surface area contributed by atoms with E-state index < -0.39 is 23.0 Å². The van der Waals surface area contributed by atoms with Crippen LogP contribution in [0, 0.1) is 0 Å². The van der Waals surface area contributed by atoms with Crippen molar-refractivity contribution in [2.24, 2.45) is 5.73 Å². The van der Waals surface area contributed by atoms with Crippen molar-refractivity contribution in [3.63, 3.8) is 0 Å². The summed E-state index contributed by atoms with van der Waals surface area (Å²) in [5.41, 5.74) is 44.1. The van der Waals surface area contributed by atoms with Gasteiger partial charge in [-0.25, -0.2) is 58.3 Å². The Morgan fingerprint density at radius 3 is 1.16 bits per heavy atom. The molecular weight excluding hydrogens is 1560 g/mol. The van der Waals surface area contributed by atoms with Crippen LogP contribution >= 0.6 is 31.9 Å². The highest BCUT2D eigenvalue weighted by atomic mass is 79.9. The molecule has 0 aliphatic carbocycles. The van der Waals surface area contributed by atoms with Gasteiger partial charge >= 0.3 is 7.05 Å². The summed E-state index contributed by atoms with van der Waals surface area (Å²) in [6, 6.07) is 37.9. The van der Waals surface area contributed by atoms with Gasteiger partial charge in [0.2, 0.25) is 33.3 Å². The SMILES string of the molecule is CB(O)N1CC=C(c2cnc(N)c(-c3noc(-c4ccccc4)n3)n2)CC1.CCS(=O)(=O)N1CC=C(c2cnc(N)c(-c3noc(-c4ccccc4)n3)n2)CC1.NC(=O)c1nc(Br)cnc1N.Nc1ncc(Br)nc1-c1noc(-c2ccccc2)n1.Nc1ncc(C2=CCNCC2)nc1-c1noc(-c2ccccc2)n1. The number of nitrogens with one attached hydrogen (secondary N) is 1. The minimum absolute atomic E-state index is 0.0145. The smallest absolute Gasteiger partial charge is 0.376 e. The third kappa shape index (κ3) is 19.4. The predicted molar refractivity (Wildman–Crippen MR) is 418 cm³/mol. The number of nitrogens with zero attached hydrogens (tertiary/aromatic N) is 20. The first-order valence-electron chi connectivity index (χ1n) is 33.8. The van der Waals surface area contributed by atoms with Crippen molar-refractivity contribution in [3.8, 4) is 91.9 Å². The molecule has 0 radical (unpaired) electrons. The second-order valence-corrected chi connectivity index (χ2v) is 27.8. The lowest BCUT2D eigenvalue weighted by atomic mass is 9.83. The van der Waals surface area contributed by atoms with Gasteiger partial charge in [0.25, 0.3) is 29.5 Å². The fraction of sp³-hybridized carbons (Fsp3) is 0.169. The Morgan fingerprint density at radius 2 is 0.836 bits per heavy atom. The normalized spacial score (nSPS) is 13.6.